The average molecular weight is 389 g/mol. The SMILES string of the molecule is COC(=O)CC(NC(=O)c1ccc(-c2ccc(F)cc2)s1)c1cccs1. The number of methoxy groups -OCH3 is 1. The van der Waals surface area contributed by atoms with Gasteiger partial charge in [0, 0.05) is 9.75 Å². The topological polar surface area (TPSA) is 55.4 Å². The van der Waals surface area contributed by atoms with Crippen LogP contribution in [0.25, 0.3) is 10.4 Å². The Hall–Kier alpha value is -2.51. The van der Waals surface area contributed by atoms with Gasteiger partial charge in [-0.3, -0.25) is 9.59 Å². The highest BCUT2D eigenvalue weighted by molar-refractivity contribution is 7.17. The third-order valence-corrected chi connectivity index (χ3v) is 5.87. The number of nitrogens with one attached hydrogen (secondary N) is 1. The highest BCUT2D eigenvalue weighted by Crippen LogP contribution is 2.29. The van der Waals surface area contributed by atoms with Crippen LogP contribution in [0.1, 0.15) is 27.0 Å². The van der Waals surface area contributed by atoms with Crippen LogP contribution in [-0.4, -0.2) is 19.0 Å². The van der Waals surface area contributed by atoms with Crippen molar-refractivity contribution in [1.29, 1.82) is 0 Å². The lowest BCUT2D eigenvalue weighted by Crippen LogP contribution is -2.29. The molecule has 3 aromatic rings. The second-order valence-electron chi connectivity index (χ2n) is 5.49. The molecule has 1 atom stereocenters. The molecular formula is C19H16FNO3S2. The molecule has 0 bridgehead atoms. The number of ether oxygens (including phenoxy) is 1. The maximum absolute atomic E-state index is 13.0. The number of hydrogen-bond donors (Lipinski definition) is 1. The first-order valence-electron chi connectivity index (χ1n) is 7.83. The normalized spacial score (nSPS) is 11.8. The second kappa shape index (κ2) is 8.25. The van der Waals surface area contributed by atoms with Crippen LogP contribution in [0.15, 0.2) is 53.9 Å². The van der Waals surface area contributed by atoms with Gasteiger partial charge in [-0.1, -0.05) is 18.2 Å². The Morgan fingerprint density at radius 3 is 2.58 bits per heavy atom. The number of rotatable bonds is 6. The number of carbonyl (C=O) groups is 2. The number of thiophene rings is 2. The Morgan fingerprint density at radius 1 is 1.15 bits per heavy atom. The molecule has 134 valence electrons. The van der Waals surface area contributed by atoms with Gasteiger partial charge in [0.05, 0.1) is 24.4 Å². The van der Waals surface area contributed by atoms with E-state index >= 15 is 0 Å². The van der Waals surface area contributed by atoms with Gasteiger partial charge in [-0.2, -0.15) is 0 Å². The molecule has 0 saturated carbocycles. The molecule has 0 radical (unpaired) electrons. The van der Waals surface area contributed by atoms with Crippen LogP contribution in [0.3, 0.4) is 0 Å². The summed E-state index contributed by atoms with van der Waals surface area (Å²) in [6.45, 7) is 0. The fraction of sp³-hybridized carbons (Fsp3) is 0.158. The van der Waals surface area contributed by atoms with Gasteiger partial charge in [0.1, 0.15) is 5.82 Å². The summed E-state index contributed by atoms with van der Waals surface area (Å²) in [5.74, 6) is -0.947. The summed E-state index contributed by atoms with van der Waals surface area (Å²) in [7, 11) is 1.32. The fourth-order valence-electron chi connectivity index (χ4n) is 2.42. The van der Waals surface area contributed by atoms with Crippen LogP contribution in [-0.2, 0) is 9.53 Å². The van der Waals surface area contributed by atoms with E-state index in [1.54, 1.807) is 18.2 Å². The number of esters is 1. The maximum Gasteiger partial charge on any atom is 0.307 e. The summed E-state index contributed by atoms with van der Waals surface area (Å²) >= 11 is 2.79. The number of benzene rings is 1. The summed E-state index contributed by atoms with van der Waals surface area (Å²) in [6.07, 6.45) is 0.0684. The molecule has 0 saturated heterocycles. The molecule has 0 spiro atoms. The van der Waals surface area contributed by atoms with Crippen LogP contribution in [0.5, 0.6) is 0 Å². The largest absolute Gasteiger partial charge is 0.469 e. The quantitative estimate of drug-likeness (QED) is 0.625. The van der Waals surface area contributed by atoms with Crippen LogP contribution in [0, 0.1) is 5.82 Å². The van der Waals surface area contributed by atoms with Crippen LogP contribution in [0.2, 0.25) is 0 Å². The summed E-state index contributed by atoms with van der Waals surface area (Å²) in [4.78, 5) is 26.5. The van der Waals surface area contributed by atoms with Crippen molar-refractivity contribution in [1.82, 2.24) is 5.32 Å². The Morgan fingerprint density at radius 2 is 1.92 bits per heavy atom. The van der Waals surface area contributed by atoms with E-state index in [0.29, 0.717) is 4.88 Å². The van der Waals surface area contributed by atoms with Crippen LogP contribution in [0.4, 0.5) is 4.39 Å². The van der Waals surface area contributed by atoms with Gasteiger partial charge >= 0.3 is 5.97 Å². The summed E-state index contributed by atoms with van der Waals surface area (Å²) in [6, 6.07) is 13.0. The number of hydrogen-bond acceptors (Lipinski definition) is 5. The Labute approximate surface area is 158 Å². The van der Waals surface area contributed by atoms with Crippen molar-refractivity contribution in [2.45, 2.75) is 12.5 Å². The monoisotopic (exact) mass is 389 g/mol. The van der Waals surface area contributed by atoms with Gasteiger partial charge < -0.3 is 10.1 Å². The van der Waals surface area contributed by atoms with Gasteiger partial charge in [-0.15, -0.1) is 22.7 Å². The number of halogens is 1. The van der Waals surface area contributed by atoms with Crippen LogP contribution >= 0.6 is 22.7 Å². The van der Waals surface area contributed by atoms with Gasteiger partial charge in [-0.25, -0.2) is 4.39 Å². The van der Waals surface area contributed by atoms with Crippen molar-refractivity contribution in [3.8, 4) is 10.4 Å². The van der Waals surface area contributed by atoms with E-state index in [2.05, 4.69) is 5.32 Å². The van der Waals surface area contributed by atoms with E-state index in [9.17, 15) is 14.0 Å². The highest BCUT2D eigenvalue weighted by atomic mass is 32.1. The molecule has 1 aromatic carbocycles. The summed E-state index contributed by atoms with van der Waals surface area (Å²) < 4.78 is 17.8. The van der Waals surface area contributed by atoms with Crippen molar-refractivity contribution in [3.05, 3.63) is 69.5 Å². The standard InChI is InChI=1S/C19H16FNO3S2/c1-24-18(22)11-14(16-3-2-10-25-16)21-19(23)17-9-8-15(26-17)12-4-6-13(20)7-5-12/h2-10,14H,11H2,1H3,(H,21,23). The predicted octanol–water partition coefficient (Wildman–Crippen LogP) is 4.65. The predicted molar refractivity (Wildman–Crippen MR) is 101 cm³/mol. The lowest BCUT2D eigenvalue weighted by Gasteiger charge is -2.15. The zero-order valence-electron chi connectivity index (χ0n) is 13.9. The molecule has 3 rings (SSSR count). The molecule has 26 heavy (non-hydrogen) atoms. The number of carbonyl (C=O) groups excluding carboxylic acids is 2. The Bertz CT molecular complexity index is 888. The molecular weight excluding hydrogens is 373 g/mol. The molecule has 1 unspecified atom stereocenters. The maximum atomic E-state index is 13.0. The zero-order valence-corrected chi connectivity index (χ0v) is 15.5. The molecule has 0 aliphatic carbocycles. The van der Waals surface area contributed by atoms with Crippen molar-refractivity contribution in [3.63, 3.8) is 0 Å². The summed E-state index contributed by atoms with van der Waals surface area (Å²) in [5.41, 5.74) is 0.847. The molecule has 0 aliphatic rings. The molecule has 4 nitrogen and oxygen atoms in total. The third-order valence-electron chi connectivity index (χ3n) is 3.75. The minimum atomic E-state index is -0.439. The van der Waals surface area contributed by atoms with Gasteiger partial charge in [0.25, 0.3) is 5.91 Å². The minimum Gasteiger partial charge on any atom is -0.469 e. The third kappa shape index (κ3) is 4.36. The molecule has 2 heterocycles. The second-order valence-corrected chi connectivity index (χ2v) is 7.56. The molecule has 2 aromatic heterocycles. The first kappa shape index (κ1) is 18.3. The first-order chi connectivity index (χ1) is 12.6. The van der Waals surface area contributed by atoms with E-state index in [4.69, 9.17) is 4.74 Å². The Kier molecular flexibility index (Phi) is 5.80. The van der Waals surface area contributed by atoms with Gasteiger partial charge in [0.15, 0.2) is 0 Å². The van der Waals surface area contributed by atoms with Crippen molar-refractivity contribution >= 4 is 34.6 Å². The molecule has 1 N–H and O–H groups in total. The molecule has 0 aliphatic heterocycles. The molecule has 7 heteroatoms. The summed E-state index contributed by atoms with van der Waals surface area (Å²) in [5, 5.41) is 4.79. The van der Waals surface area contributed by atoms with Gasteiger partial charge in [-0.05, 0) is 41.3 Å². The zero-order chi connectivity index (χ0) is 18.5. The van der Waals surface area contributed by atoms with E-state index in [0.717, 1.165) is 15.3 Å². The van der Waals surface area contributed by atoms with Gasteiger partial charge in [0.2, 0.25) is 0 Å². The minimum absolute atomic E-state index is 0.0684. The van der Waals surface area contributed by atoms with E-state index < -0.39 is 6.04 Å². The average Bonchev–Trinajstić information content (AvgIpc) is 3.33. The molecule has 1 amide bonds. The lowest BCUT2D eigenvalue weighted by atomic mass is 10.1. The first-order valence-corrected chi connectivity index (χ1v) is 9.53. The van der Waals surface area contributed by atoms with Crippen LogP contribution < -0.4 is 5.32 Å². The Balaban J connectivity index is 1.75. The fourth-order valence-corrected chi connectivity index (χ4v) is 4.11. The molecule has 0 fully saturated rings. The van der Waals surface area contributed by atoms with E-state index in [1.165, 1.54) is 41.9 Å². The smallest absolute Gasteiger partial charge is 0.307 e. The van der Waals surface area contributed by atoms with Crippen molar-refractivity contribution < 1.29 is 18.7 Å². The van der Waals surface area contributed by atoms with E-state index in [-0.39, 0.29) is 24.1 Å². The number of amides is 1. The van der Waals surface area contributed by atoms with Crippen molar-refractivity contribution in [2.24, 2.45) is 0 Å². The highest BCUT2D eigenvalue weighted by Gasteiger charge is 2.21. The lowest BCUT2D eigenvalue weighted by molar-refractivity contribution is -0.141. The van der Waals surface area contributed by atoms with Crippen molar-refractivity contribution in [2.75, 3.05) is 7.11 Å². The van der Waals surface area contributed by atoms with E-state index in [1.807, 2.05) is 23.6 Å².